The Labute approximate surface area is 288 Å². The minimum absolute atomic E-state index is 0.0204. The second kappa shape index (κ2) is 16.4. The molecule has 0 N–H and O–H groups in total. The quantitative estimate of drug-likeness (QED) is 0.0732. The van der Waals surface area contributed by atoms with Crippen molar-refractivity contribution in [3.8, 4) is 0 Å². The van der Waals surface area contributed by atoms with Crippen molar-refractivity contribution >= 4 is 69.8 Å². The van der Waals surface area contributed by atoms with Crippen LogP contribution in [0.4, 0.5) is 0 Å². The van der Waals surface area contributed by atoms with Crippen LogP contribution in [0.15, 0.2) is 84.9 Å². The molecule has 44 heavy (non-hydrogen) atoms. The van der Waals surface area contributed by atoms with Gasteiger partial charge in [-0.25, -0.2) is 4.79 Å². The first kappa shape index (κ1) is 35.4. The average molecular weight is 847 g/mol. The predicted octanol–water partition coefficient (Wildman–Crippen LogP) is 5.53. The molecule has 1 aliphatic rings. The smallest absolute Gasteiger partial charge is 0.341 e. The lowest BCUT2D eigenvalue weighted by Gasteiger charge is -2.47. The van der Waals surface area contributed by atoms with E-state index in [1.165, 1.54) is 0 Å². The molecule has 1 heterocycles. The Morgan fingerprint density at radius 1 is 0.818 bits per heavy atom. The van der Waals surface area contributed by atoms with Gasteiger partial charge in [0.15, 0.2) is 0 Å². The van der Waals surface area contributed by atoms with Gasteiger partial charge in [0, 0.05) is 17.8 Å². The van der Waals surface area contributed by atoms with E-state index in [-0.39, 0.29) is 25.2 Å². The summed E-state index contributed by atoms with van der Waals surface area (Å²) in [7, 11) is 0.211. The Balaban J connectivity index is 1.72. The molecule has 238 valence electrons. The van der Waals surface area contributed by atoms with Crippen LogP contribution in [0.2, 0.25) is 5.04 Å². The number of esters is 1. The third kappa shape index (κ3) is 8.10. The van der Waals surface area contributed by atoms with E-state index in [9.17, 15) is 4.79 Å². The molecule has 0 aliphatic carbocycles. The highest BCUT2D eigenvalue weighted by atomic mass is 127. The number of benzene rings is 3. The summed E-state index contributed by atoms with van der Waals surface area (Å²) >= 11 is 4.32. The molecule has 5 atom stereocenters. The van der Waals surface area contributed by atoms with Crippen molar-refractivity contribution < 1.29 is 37.6 Å². The summed E-state index contributed by atoms with van der Waals surface area (Å²) in [4.78, 5) is 13.3. The van der Waals surface area contributed by atoms with Crippen molar-refractivity contribution in [2.24, 2.45) is 0 Å². The van der Waals surface area contributed by atoms with Crippen molar-refractivity contribution in [3.05, 3.63) is 94.1 Å². The van der Waals surface area contributed by atoms with Crippen LogP contribution in [-0.4, -0.2) is 77.2 Å². The van der Waals surface area contributed by atoms with Gasteiger partial charge < -0.3 is 32.8 Å². The van der Waals surface area contributed by atoms with E-state index >= 15 is 0 Å². The van der Waals surface area contributed by atoms with Crippen LogP contribution in [0.3, 0.4) is 0 Å². The summed E-state index contributed by atoms with van der Waals surface area (Å²) < 4.78 is 43.1. The zero-order valence-corrected chi connectivity index (χ0v) is 30.9. The van der Waals surface area contributed by atoms with Crippen LogP contribution in [0, 0.1) is 3.57 Å². The summed E-state index contributed by atoms with van der Waals surface area (Å²) in [6.45, 7) is 6.86. The van der Waals surface area contributed by atoms with Gasteiger partial charge in [-0.15, -0.1) is 0 Å². The van der Waals surface area contributed by atoms with E-state index < -0.39 is 42.8 Å². The first-order chi connectivity index (χ1) is 21.1. The fourth-order valence-corrected chi connectivity index (χ4v) is 11.7. The number of methoxy groups -OCH3 is 2. The Hall–Kier alpha value is -1.43. The third-order valence-electron chi connectivity index (χ3n) is 7.53. The second-order valence-electron chi connectivity index (χ2n) is 11.4. The number of hydrogen-bond donors (Lipinski definition) is 0. The molecule has 4 rings (SSSR count). The van der Waals surface area contributed by atoms with E-state index in [1.54, 1.807) is 20.3 Å². The SMILES string of the molecule is COCO[C@@H]1[C@H](I)[C@@H](OC(=O)c2ccccc2I)O[C@H](CO[Si](c2ccccc2)(c2ccccc2)C(C)(C)C)[C@@H]1OCOC. The molecule has 1 fully saturated rings. The van der Waals surface area contributed by atoms with Gasteiger partial charge in [0.25, 0.3) is 8.32 Å². The van der Waals surface area contributed by atoms with Crippen LogP contribution in [-0.2, 0) is 32.8 Å². The van der Waals surface area contributed by atoms with Crippen molar-refractivity contribution in [1.29, 1.82) is 0 Å². The van der Waals surface area contributed by atoms with Crippen molar-refractivity contribution in [2.45, 2.75) is 54.3 Å². The maximum absolute atomic E-state index is 13.3. The standard InChI is InChI=1S/C33H40I2O8Si/c1-33(2,3)44(23-14-8-6-9-15-23,24-16-10-7-11-17-24)41-20-27-29(39-21-37-4)30(40-22-38-5)28(35)32(42-27)43-31(36)25-18-12-13-19-26(25)34/h6-19,27-30,32H,20-22H2,1-5H3/t27-,28+,29+,30-,32-/m1/s1. The van der Waals surface area contributed by atoms with Gasteiger partial charge >= 0.3 is 5.97 Å². The summed E-state index contributed by atoms with van der Waals surface area (Å²) in [5.41, 5.74) is 0.465. The maximum Gasteiger partial charge on any atom is 0.341 e. The maximum atomic E-state index is 13.3. The highest BCUT2D eigenvalue weighted by Crippen LogP contribution is 2.38. The molecule has 1 aliphatic heterocycles. The van der Waals surface area contributed by atoms with Gasteiger partial charge in [-0.05, 0) is 50.1 Å². The largest absolute Gasteiger partial charge is 0.431 e. The number of hydrogen-bond acceptors (Lipinski definition) is 8. The molecule has 0 amide bonds. The molecule has 0 saturated carbocycles. The molecular weight excluding hydrogens is 806 g/mol. The molecule has 3 aromatic carbocycles. The lowest BCUT2D eigenvalue weighted by atomic mass is 10.0. The average Bonchev–Trinajstić information content (AvgIpc) is 3.02. The highest BCUT2D eigenvalue weighted by molar-refractivity contribution is 14.1. The highest BCUT2D eigenvalue weighted by Gasteiger charge is 2.53. The molecule has 0 unspecified atom stereocenters. The van der Waals surface area contributed by atoms with Gasteiger partial charge in [0.2, 0.25) is 6.29 Å². The van der Waals surface area contributed by atoms with Gasteiger partial charge in [0.1, 0.15) is 35.8 Å². The van der Waals surface area contributed by atoms with Crippen LogP contribution in [0.5, 0.6) is 0 Å². The number of alkyl halides is 1. The van der Waals surface area contributed by atoms with Crippen molar-refractivity contribution in [3.63, 3.8) is 0 Å². The number of carbonyl (C=O) groups excluding carboxylic acids is 1. The van der Waals surface area contributed by atoms with Crippen molar-refractivity contribution in [1.82, 2.24) is 0 Å². The Morgan fingerprint density at radius 3 is 1.86 bits per heavy atom. The molecular formula is C33H40I2O8Si. The lowest BCUT2D eigenvalue weighted by Crippen LogP contribution is -2.68. The zero-order chi connectivity index (χ0) is 31.7. The summed E-state index contributed by atoms with van der Waals surface area (Å²) in [6, 6.07) is 28.1. The first-order valence-electron chi connectivity index (χ1n) is 14.3. The lowest BCUT2D eigenvalue weighted by molar-refractivity contribution is -0.270. The molecule has 0 radical (unpaired) electrons. The summed E-state index contributed by atoms with van der Waals surface area (Å²) in [6.07, 6.45) is -2.75. The molecule has 1 saturated heterocycles. The minimum atomic E-state index is -2.92. The van der Waals surface area contributed by atoms with Gasteiger partial charge in [0.05, 0.1) is 12.2 Å². The van der Waals surface area contributed by atoms with E-state index in [4.69, 9.17) is 32.8 Å². The van der Waals surface area contributed by atoms with E-state index in [1.807, 2.05) is 54.6 Å². The minimum Gasteiger partial charge on any atom is -0.431 e. The Morgan fingerprint density at radius 2 is 1.34 bits per heavy atom. The molecule has 3 aromatic rings. The van der Waals surface area contributed by atoms with Crippen LogP contribution in [0.25, 0.3) is 0 Å². The monoisotopic (exact) mass is 846 g/mol. The number of ether oxygens (including phenoxy) is 6. The Bertz CT molecular complexity index is 1280. The van der Waals surface area contributed by atoms with E-state index in [2.05, 4.69) is 90.2 Å². The summed E-state index contributed by atoms with van der Waals surface area (Å²) in [5, 5.41) is 2.04. The van der Waals surface area contributed by atoms with Gasteiger partial charge in [-0.1, -0.05) is 116 Å². The van der Waals surface area contributed by atoms with Crippen LogP contribution >= 0.6 is 45.2 Å². The topological polar surface area (TPSA) is 81.7 Å². The second-order valence-corrected chi connectivity index (χ2v) is 18.3. The van der Waals surface area contributed by atoms with E-state index in [0.29, 0.717) is 5.56 Å². The van der Waals surface area contributed by atoms with Crippen LogP contribution < -0.4 is 10.4 Å². The molecule has 0 aromatic heterocycles. The van der Waals surface area contributed by atoms with Gasteiger partial charge in [-0.2, -0.15) is 0 Å². The van der Waals surface area contributed by atoms with Crippen LogP contribution in [0.1, 0.15) is 31.1 Å². The number of carbonyl (C=O) groups is 1. The van der Waals surface area contributed by atoms with Crippen molar-refractivity contribution in [2.75, 3.05) is 34.4 Å². The molecule has 0 bridgehead atoms. The number of halogens is 2. The molecule has 11 heteroatoms. The molecule has 8 nitrogen and oxygen atoms in total. The fraction of sp³-hybridized carbons (Fsp3) is 0.424. The van der Waals surface area contributed by atoms with Gasteiger partial charge in [-0.3, -0.25) is 0 Å². The first-order valence-corrected chi connectivity index (χ1v) is 18.6. The Kier molecular flexibility index (Phi) is 13.2. The third-order valence-corrected chi connectivity index (χ3v) is 14.8. The number of rotatable bonds is 13. The zero-order valence-electron chi connectivity index (χ0n) is 25.6. The van der Waals surface area contributed by atoms with E-state index in [0.717, 1.165) is 13.9 Å². The summed E-state index contributed by atoms with van der Waals surface area (Å²) in [5.74, 6) is -0.477. The molecule has 0 spiro atoms. The normalized spacial score (nSPS) is 22.5. The fourth-order valence-electron chi connectivity index (χ4n) is 5.55. The predicted molar refractivity (Wildman–Crippen MR) is 188 cm³/mol.